The summed E-state index contributed by atoms with van der Waals surface area (Å²) >= 11 is 0. The number of carbonyl (C=O) groups excluding carboxylic acids is 3. The molecule has 0 spiro atoms. The molecule has 0 radical (unpaired) electrons. The highest BCUT2D eigenvalue weighted by Crippen LogP contribution is 2.44. The van der Waals surface area contributed by atoms with Gasteiger partial charge < -0.3 is 0 Å². The number of carbonyl (C=O) groups is 3. The summed E-state index contributed by atoms with van der Waals surface area (Å²) in [5, 5.41) is 10.4. The Morgan fingerprint density at radius 3 is 0.661 bits per heavy atom. The molecule has 0 aliphatic heterocycles. The molecule has 346 valence electrons. The number of nitrogens with zero attached hydrogens (tertiary/aromatic N) is 2. The lowest BCUT2D eigenvalue weighted by atomic mass is 9.70. The first-order valence-corrected chi connectivity index (χ1v) is 26.6. The molecule has 0 aromatic carbocycles. The molecule has 0 unspecified atom stereocenters. The van der Waals surface area contributed by atoms with Crippen LogP contribution in [0.25, 0.3) is 0 Å². The van der Waals surface area contributed by atoms with Crippen LogP contribution in [0.1, 0.15) is 311 Å². The van der Waals surface area contributed by atoms with Gasteiger partial charge in [0.25, 0.3) is 0 Å². The van der Waals surface area contributed by atoms with E-state index in [1.54, 1.807) is 0 Å². The molecule has 0 saturated carbocycles. The molecule has 0 aromatic heterocycles. The lowest BCUT2D eigenvalue weighted by molar-refractivity contribution is -0.164. The predicted octanol–water partition coefficient (Wildman–Crippen LogP) is 17.9. The van der Waals surface area contributed by atoms with Crippen LogP contribution < -0.4 is 0 Å². The average Bonchev–Trinajstić information content (AvgIpc) is 3.24. The minimum absolute atomic E-state index is 0.317. The summed E-state index contributed by atoms with van der Waals surface area (Å²) in [4.78, 5) is 46.4. The summed E-state index contributed by atoms with van der Waals surface area (Å²) in [6.45, 7) is 13.5. The highest BCUT2D eigenvalue weighted by atomic mass is 16.2. The number of hydrogen-bond acceptors (Lipinski definition) is 4. The summed E-state index contributed by atoms with van der Waals surface area (Å²) in [7, 11) is 0. The predicted molar refractivity (Wildman–Crippen MR) is 255 cm³/mol. The second-order valence-electron chi connectivity index (χ2n) is 19.0. The molecule has 0 atom stereocenters. The van der Waals surface area contributed by atoms with Crippen molar-refractivity contribution >= 4 is 17.7 Å². The summed E-state index contributed by atoms with van der Waals surface area (Å²) in [5.41, 5.74) is -1.57. The van der Waals surface area contributed by atoms with Gasteiger partial charge in [-0.05, 0) is 38.5 Å². The van der Waals surface area contributed by atoms with E-state index < -0.39 is 16.7 Å². The van der Waals surface area contributed by atoms with E-state index in [9.17, 15) is 10.1 Å². The molecule has 3 amide bonds. The third kappa shape index (κ3) is 27.1. The molecule has 0 fully saturated rings. The van der Waals surface area contributed by atoms with Crippen molar-refractivity contribution in [2.75, 3.05) is 0 Å². The second kappa shape index (κ2) is 40.4. The molecule has 0 aliphatic carbocycles. The fraction of sp³-hybridized carbons (Fsp3) is 0.926. The van der Waals surface area contributed by atoms with E-state index in [1.165, 1.54) is 116 Å². The first-order chi connectivity index (χ1) is 28.8. The zero-order valence-electron chi connectivity index (χ0n) is 40.8. The Morgan fingerprint density at radius 1 is 0.322 bits per heavy atom. The fourth-order valence-corrected chi connectivity index (χ4v) is 9.65. The van der Waals surface area contributed by atoms with Gasteiger partial charge in [-0.2, -0.15) is 5.26 Å². The van der Waals surface area contributed by atoms with E-state index in [0.717, 1.165) is 120 Å². The molecule has 0 aliphatic rings. The maximum Gasteiger partial charge on any atom is 0.338 e. The fourth-order valence-electron chi connectivity index (χ4n) is 9.65. The molecule has 5 heteroatoms. The van der Waals surface area contributed by atoms with Gasteiger partial charge in [0.15, 0.2) is 6.07 Å². The quantitative estimate of drug-likeness (QED) is 0.0453. The topological polar surface area (TPSA) is 78.2 Å². The molecule has 59 heavy (non-hydrogen) atoms. The van der Waals surface area contributed by atoms with Crippen molar-refractivity contribution in [1.82, 2.24) is 4.90 Å². The molecule has 0 N–H and O–H groups in total. The van der Waals surface area contributed by atoms with Gasteiger partial charge >= 0.3 is 5.91 Å². The van der Waals surface area contributed by atoms with Gasteiger partial charge in [-0.3, -0.25) is 14.4 Å². The third-order valence-electron chi connectivity index (χ3n) is 13.7. The van der Waals surface area contributed by atoms with Crippen molar-refractivity contribution < 1.29 is 14.4 Å². The van der Waals surface area contributed by atoms with Crippen LogP contribution in [0.5, 0.6) is 0 Å². The van der Waals surface area contributed by atoms with E-state index >= 15 is 9.59 Å². The molecule has 5 nitrogen and oxygen atoms in total. The Kier molecular flexibility index (Phi) is 39.2. The van der Waals surface area contributed by atoms with Gasteiger partial charge in [0, 0.05) is 0 Å². The Morgan fingerprint density at radius 2 is 0.492 bits per heavy atom. The highest BCUT2D eigenvalue weighted by Gasteiger charge is 2.49. The number of rotatable bonds is 44. The van der Waals surface area contributed by atoms with Gasteiger partial charge in [0.1, 0.15) is 0 Å². The van der Waals surface area contributed by atoms with Gasteiger partial charge in [-0.15, -0.1) is 0 Å². The van der Waals surface area contributed by atoms with Crippen molar-refractivity contribution in [2.24, 2.45) is 10.8 Å². The SMILES string of the molecule is CCCCCCCCC(CCCCCCCC)(CCCCCCCC)C(=O)N(C(=O)C#N)C(=O)C(CCCCCCCC)(CCCCCCCC)CCCCCCCC. The minimum Gasteiger partial charge on any atom is -0.273 e. The van der Waals surface area contributed by atoms with Crippen molar-refractivity contribution in [3.63, 3.8) is 0 Å². The van der Waals surface area contributed by atoms with Gasteiger partial charge in [-0.25, -0.2) is 4.90 Å². The Labute approximate surface area is 369 Å². The van der Waals surface area contributed by atoms with Crippen molar-refractivity contribution in [3.05, 3.63) is 0 Å². The zero-order chi connectivity index (χ0) is 43.7. The van der Waals surface area contributed by atoms with Crippen LogP contribution in [0.15, 0.2) is 0 Å². The molecule has 0 heterocycles. The van der Waals surface area contributed by atoms with Crippen LogP contribution in [0.2, 0.25) is 0 Å². The highest BCUT2D eigenvalue weighted by molar-refractivity contribution is 6.18. The van der Waals surface area contributed by atoms with Crippen LogP contribution in [0.3, 0.4) is 0 Å². The molecular formula is C54H102N2O3. The van der Waals surface area contributed by atoms with E-state index in [-0.39, 0.29) is 11.8 Å². The summed E-state index contributed by atoms with van der Waals surface area (Å²) in [6, 6.07) is 1.86. The number of unbranched alkanes of at least 4 members (excludes halogenated alkanes) is 30. The number of hydrogen-bond donors (Lipinski definition) is 0. The summed E-state index contributed by atoms with van der Waals surface area (Å²) in [5.74, 6) is -1.57. The van der Waals surface area contributed by atoms with Crippen LogP contribution in [0.4, 0.5) is 0 Å². The van der Waals surface area contributed by atoms with E-state index in [2.05, 4.69) is 41.5 Å². The van der Waals surface area contributed by atoms with E-state index in [1.807, 2.05) is 6.07 Å². The zero-order valence-corrected chi connectivity index (χ0v) is 40.8. The van der Waals surface area contributed by atoms with E-state index in [4.69, 9.17) is 0 Å². The second-order valence-corrected chi connectivity index (χ2v) is 19.0. The number of nitriles is 1. The molecular weight excluding hydrogens is 725 g/mol. The van der Waals surface area contributed by atoms with Gasteiger partial charge in [-0.1, -0.05) is 273 Å². The molecule has 0 rings (SSSR count). The van der Waals surface area contributed by atoms with Crippen LogP contribution in [-0.2, 0) is 14.4 Å². The minimum atomic E-state index is -0.934. The molecule has 0 bridgehead atoms. The summed E-state index contributed by atoms with van der Waals surface area (Å²) < 4.78 is 0. The Hall–Kier alpha value is -1.70. The maximum atomic E-state index is 15.6. The third-order valence-corrected chi connectivity index (χ3v) is 13.7. The van der Waals surface area contributed by atoms with Crippen molar-refractivity contribution in [1.29, 1.82) is 5.26 Å². The Balaban J connectivity index is 7.12. The number of imide groups is 3. The average molecular weight is 827 g/mol. The normalized spacial score (nSPS) is 11.9. The maximum absolute atomic E-state index is 15.6. The van der Waals surface area contributed by atoms with E-state index in [0.29, 0.717) is 38.5 Å². The lowest BCUT2D eigenvalue weighted by Crippen LogP contribution is -2.55. The molecule has 0 aromatic rings. The lowest BCUT2D eigenvalue weighted by Gasteiger charge is -2.40. The van der Waals surface area contributed by atoms with Crippen LogP contribution >= 0.6 is 0 Å². The smallest absolute Gasteiger partial charge is 0.273 e. The Bertz CT molecular complexity index is 882. The number of amides is 3. The monoisotopic (exact) mass is 827 g/mol. The summed E-state index contributed by atoms with van der Waals surface area (Å²) in [6.07, 6.45) is 45.1. The van der Waals surface area contributed by atoms with Crippen molar-refractivity contribution in [2.45, 2.75) is 311 Å². The van der Waals surface area contributed by atoms with Crippen molar-refractivity contribution in [3.8, 4) is 6.07 Å². The van der Waals surface area contributed by atoms with Gasteiger partial charge in [0.05, 0.1) is 10.8 Å². The van der Waals surface area contributed by atoms with Gasteiger partial charge in [0.2, 0.25) is 11.8 Å². The first kappa shape index (κ1) is 57.3. The largest absolute Gasteiger partial charge is 0.338 e. The molecule has 0 saturated heterocycles. The first-order valence-electron chi connectivity index (χ1n) is 26.6. The van der Waals surface area contributed by atoms with Crippen LogP contribution in [-0.4, -0.2) is 22.6 Å². The standard InChI is InChI=1S/C54H102N2O3/c1-7-13-19-25-31-37-43-53(44-38-32-26-20-14-8-2,45-39-33-27-21-15-9-3)51(58)56(50(57)49-55)52(59)54(46-40-34-28-22-16-10-4,47-41-35-29-23-17-11-5)48-42-36-30-24-18-12-6/h7-48H2,1-6H3. The van der Waals surface area contributed by atoms with Crippen LogP contribution in [0, 0.1) is 22.2 Å².